The Morgan fingerprint density at radius 3 is 2.36 bits per heavy atom. The van der Waals surface area contributed by atoms with Crippen molar-refractivity contribution < 1.29 is 52.6 Å². The van der Waals surface area contributed by atoms with E-state index in [-0.39, 0.29) is 18.0 Å². The average Bonchev–Trinajstić information content (AvgIpc) is 2.76. The Morgan fingerprint density at radius 2 is 1.76 bits per heavy atom. The fourth-order valence-electron chi connectivity index (χ4n) is 2.81. The van der Waals surface area contributed by atoms with Crippen molar-refractivity contribution in [3.63, 3.8) is 0 Å². The first-order valence-electron chi connectivity index (χ1n) is 9.97. The molecule has 1 amide bonds. The standard InChI is InChI=1S/C19H28N2O11S/c1-10-3-5-12(6-4-10)33(28,29)21-11(2)17(26)30-8-7-20-19(27)32-18-16(25)15(24)14(23)13(9-22)31-18/h3-6,11,13-16,18,21-25H,7-9H2,1-2H3,(H,20,27)/t11-,13+,14+,15-,16+,18+/m0/s1. The highest BCUT2D eigenvalue weighted by atomic mass is 32.2. The summed E-state index contributed by atoms with van der Waals surface area (Å²) in [6.07, 6.45) is -9.05. The smallest absolute Gasteiger partial charge is 0.409 e. The highest BCUT2D eigenvalue weighted by molar-refractivity contribution is 7.89. The molecule has 13 nitrogen and oxygen atoms in total. The van der Waals surface area contributed by atoms with Crippen molar-refractivity contribution in [1.29, 1.82) is 0 Å². The molecule has 1 fully saturated rings. The van der Waals surface area contributed by atoms with Gasteiger partial charge in [0, 0.05) is 0 Å². The summed E-state index contributed by atoms with van der Waals surface area (Å²) in [5.41, 5.74) is 0.874. The zero-order valence-corrected chi connectivity index (χ0v) is 18.8. The van der Waals surface area contributed by atoms with E-state index in [1.165, 1.54) is 19.1 Å². The van der Waals surface area contributed by atoms with Gasteiger partial charge in [-0.25, -0.2) is 13.2 Å². The maximum absolute atomic E-state index is 12.3. The molecule has 1 aliphatic rings. The van der Waals surface area contributed by atoms with Crippen LogP contribution in [0.1, 0.15) is 12.5 Å². The van der Waals surface area contributed by atoms with Crippen molar-refractivity contribution in [3.05, 3.63) is 29.8 Å². The predicted octanol–water partition coefficient (Wildman–Crippen LogP) is -2.27. The second kappa shape index (κ2) is 11.7. The molecule has 186 valence electrons. The molecule has 0 radical (unpaired) electrons. The zero-order valence-electron chi connectivity index (χ0n) is 17.9. The molecular weight excluding hydrogens is 464 g/mol. The number of nitrogens with one attached hydrogen (secondary N) is 2. The normalized spacial score (nSPS) is 26.3. The van der Waals surface area contributed by atoms with Crippen molar-refractivity contribution in [1.82, 2.24) is 10.0 Å². The van der Waals surface area contributed by atoms with Crippen LogP contribution in [0.4, 0.5) is 4.79 Å². The molecule has 0 unspecified atom stereocenters. The molecule has 6 N–H and O–H groups in total. The van der Waals surface area contributed by atoms with Crippen LogP contribution in [0.2, 0.25) is 0 Å². The van der Waals surface area contributed by atoms with E-state index in [9.17, 15) is 33.3 Å². The Kier molecular flexibility index (Phi) is 9.54. The number of aliphatic hydroxyl groups is 4. The number of amides is 1. The number of esters is 1. The van der Waals surface area contributed by atoms with Crippen LogP contribution < -0.4 is 10.0 Å². The van der Waals surface area contributed by atoms with Gasteiger partial charge in [-0.15, -0.1) is 0 Å². The number of carbonyl (C=O) groups excluding carboxylic acids is 2. The third-order valence-corrected chi connectivity index (χ3v) is 6.26. The van der Waals surface area contributed by atoms with Crippen LogP contribution in [0.15, 0.2) is 29.2 Å². The fraction of sp³-hybridized carbons (Fsp3) is 0.579. The van der Waals surface area contributed by atoms with Crippen molar-refractivity contribution in [2.45, 2.75) is 55.5 Å². The van der Waals surface area contributed by atoms with E-state index >= 15 is 0 Å². The molecule has 1 saturated heterocycles. The molecule has 0 aromatic heterocycles. The Morgan fingerprint density at radius 1 is 1.12 bits per heavy atom. The molecule has 1 heterocycles. The number of alkyl carbamates (subject to hydrolysis) is 1. The SMILES string of the molecule is Cc1ccc(S(=O)(=O)N[C@@H](C)C(=O)OCCNC(=O)O[C@H]2O[C@H](CO)[C@@H](O)[C@H](O)[C@H]2O)cc1. The van der Waals surface area contributed by atoms with E-state index in [2.05, 4.69) is 10.0 Å². The average molecular weight is 493 g/mol. The molecule has 33 heavy (non-hydrogen) atoms. The maximum atomic E-state index is 12.3. The van der Waals surface area contributed by atoms with Crippen molar-refractivity contribution in [3.8, 4) is 0 Å². The molecular formula is C19H28N2O11S. The number of rotatable bonds is 9. The zero-order chi connectivity index (χ0) is 24.8. The van der Waals surface area contributed by atoms with E-state index in [0.29, 0.717) is 0 Å². The maximum Gasteiger partial charge on any atom is 0.409 e. The van der Waals surface area contributed by atoms with E-state index in [1.54, 1.807) is 19.1 Å². The highest BCUT2D eigenvalue weighted by Crippen LogP contribution is 2.21. The first-order chi connectivity index (χ1) is 15.5. The van der Waals surface area contributed by atoms with Crippen LogP contribution in [-0.2, 0) is 29.0 Å². The van der Waals surface area contributed by atoms with E-state index in [0.717, 1.165) is 5.56 Å². The molecule has 0 saturated carbocycles. The Balaban J connectivity index is 1.74. The van der Waals surface area contributed by atoms with Crippen molar-refractivity contribution >= 4 is 22.1 Å². The first kappa shape index (κ1) is 26.9. The number of carbonyl (C=O) groups is 2. The molecule has 1 aromatic carbocycles. The van der Waals surface area contributed by atoms with Crippen LogP contribution in [0.3, 0.4) is 0 Å². The topological polar surface area (TPSA) is 201 Å². The fourth-order valence-corrected chi connectivity index (χ4v) is 4.00. The molecule has 1 aromatic rings. The van der Waals surface area contributed by atoms with Crippen LogP contribution in [0.25, 0.3) is 0 Å². The summed E-state index contributed by atoms with van der Waals surface area (Å²) in [6.45, 7) is 1.87. The number of ether oxygens (including phenoxy) is 3. The van der Waals surface area contributed by atoms with Gasteiger partial charge in [0.2, 0.25) is 16.3 Å². The molecule has 2 rings (SSSR count). The van der Waals surface area contributed by atoms with E-state index in [1.807, 2.05) is 0 Å². The Labute approximate surface area is 190 Å². The van der Waals surface area contributed by atoms with E-state index < -0.39 is 65.4 Å². The molecule has 0 aliphatic carbocycles. The number of hydrogen-bond acceptors (Lipinski definition) is 11. The van der Waals surface area contributed by atoms with Gasteiger partial charge in [-0.1, -0.05) is 17.7 Å². The number of sulfonamides is 1. The summed E-state index contributed by atoms with van der Waals surface area (Å²) in [5.74, 6) is -0.880. The number of benzene rings is 1. The van der Waals surface area contributed by atoms with Crippen LogP contribution in [0, 0.1) is 6.92 Å². The summed E-state index contributed by atoms with van der Waals surface area (Å²) in [4.78, 5) is 23.8. The monoisotopic (exact) mass is 492 g/mol. The minimum Gasteiger partial charge on any atom is -0.463 e. The van der Waals surface area contributed by atoms with Gasteiger partial charge >= 0.3 is 12.1 Å². The minimum atomic E-state index is -3.94. The molecule has 0 spiro atoms. The predicted molar refractivity (Wildman–Crippen MR) is 110 cm³/mol. The van der Waals surface area contributed by atoms with Gasteiger partial charge in [0.15, 0.2) is 0 Å². The third kappa shape index (κ3) is 7.33. The summed E-state index contributed by atoms with van der Waals surface area (Å²) in [5, 5.41) is 40.5. The van der Waals surface area contributed by atoms with Crippen LogP contribution >= 0.6 is 0 Å². The third-order valence-electron chi connectivity index (χ3n) is 4.70. The summed E-state index contributed by atoms with van der Waals surface area (Å²) >= 11 is 0. The number of aliphatic hydroxyl groups excluding tert-OH is 4. The summed E-state index contributed by atoms with van der Waals surface area (Å²) in [6, 6.07) is 4.85. The second-order valence-electron chi connectivity index (χ2n) is 7.35. The first-order valence-corrected chi connectivity index (χ1v) is 11.4. The van der Waals surface area contributed by atoms with Gasteiger partial charge in [0.25, 0.3) is 0 Å². The summed E-state index contributed by atoms with van der Waals surface area (Å²) < 4.78 is 41.5. The highest BCUT2D eigenvalue weighted by Gasteiger charge is 2.45. The minimum absolute atomic E-state index is 0.00893. The van der Waals surface area contributed by atoms with Crippen molar-refractivity contribution in [2.75, 3.05) is 19.8 Å². The Bertz CT molecular complexity index is 907. The lowest BCUT2D eigenvalue weighted by atomic mass is 9.99. The molecule has 6 atom stereocenters. The van der Waals surface area contributed by atoms with Gasteiger partial charge in [-0.05, 0) is 26.0 Å². The van der Waals surface area contributed by atoms with Crippen LogP contribution in [-0.4, -0.2) is 97.4 Å². The van der Waals surface area contributed by atoms with E-state index in [4.69, 9.17) is 19.3 Å². The van der Waals surface area contributed by atoms with Gasteiger partial charge < -0.3 is 40.0 Å². The van der Waals surface area contributed by atoms with Gasteiger partial charge in [-0.3, -0.25) is 4.79 Å². The lowest BCUT2D eigenvalue weighted by Gasteiger charge is -2.39. The molecule has 14 heteroatoms. The lowest BCUT2D eigenvalue weighted by Crippen LogP contribution is -2.59. The number of hydrogen-bond donors (Lipinski definition) is 6. The Hall–Kier alpha value is -2.33. The largest absolute Gasteiger partial charge is 0.463 e. The van der Waals surface area contributed by atoms with Gasteiger partial charge in [0.1, 0.15) is 37.1 Å². The molecule has 1 aliphatic heterocycles. The van der Waals surface area contributed by atoms with Gasteiger partial charge in [0.05, 0.1) is 18.0 Å². The second-order valence-corrected chi connectivity index (χ2v) is 9.07. The number of aryl methyl sites for hydroxylation is 1. The van der Waals surface area contributed by atoms with Crippen LogP contribution in [0.5, 0.6) is 0 Å². The summed E-state index contributed by atoms with van der Waals surface area (Å²) in [7, 11) is -3.94. The quantitative estimate of drug-likeness (QED) is 0.160. The van der Waals surface area contributed by atoms with Crippen molar-refractivity contribution in [2.24, 2.45) is 0 Å². The molecule has 0 bridgehead atoms. The van der Waals surface area contributed by atoms with Gasteiger partial charge in [-0.2, -0.15) is 4.72 Å². The lowest BCUT2D eigenvalue weighted by molar-refractivity contribution is -0.284.